The predicted octanol–water partition coefficient (Wildman–Crippen LogP) is 4.65. The molecule has 7 nitrogen and oxygen atoms in total. The highest BCUT2D eigenvalue weighted by atomic mass is 32.1. The van der Waals surface area contributed by atoms with Crippen LogP contribution in [0.3, 0.4) is 0 Å². The number of nitrogens with zero attached hydrogens (tertiary/aromatic N) is 2. The number of amides is 1. The molecule has 3 heterocycles. The van der Waals surface area contributed by atoms with Crippen molar-refractivity contribution in [1.29, 1.82) is 0 Å². The maximum Gasteiger partial charge on any atom is 0.301 e. The smallest absolute Gasteiger partial charge is 0.301 e. The second-order valence-electron chi connectivity index (χ2n) is 7.61. The number of ketones is 1. The zero-order valence-electron chi connectivity index (χ0n) is 17.1. The summed E-state index contributed by atoms with van der Waals surface area (Å²) in [6.07, 6.45) is 0. The first kappa shape index (κ1) is 19.5. The van der Waals surface area contributed by atoms with Crippen LogP contribution < -0.4 is 14.4 Å². The van der Waals surface area contributed by atoms with Crippen molar-refractivity contribution in [2.45, 2.75) is 6.04 Å². The molecule has 1 amide bonds. The number of Topliss-reactive ketones (excluding diaryl/α,β-unsaturated/α-hetero) is 1. The number of aliphatic hydroxyl groups excluding tert-OH is 1. The first-order valence-corrected chi connectivity index (χ1v) is 11.0. The number of carbonyl (C=O) groups is 2. The molecule has 0 spiro atoms. The van der Waals surface area contributed by atoms with Gasteiger partial charge in [-0.1, -0.05) is 59.9 Å². The molecule has 1 N–H and O–H groups in total. The van der Waals surface area contributed by atoms with E-state index >= 15 is 0 Å². The Labute approximate surface area is 192 Å². The lowest BCUT2D eigenvalue weighted by atomic mass is 9.95. The Bertz CT molecular complexity index is 1430. The van der Waals surface area contributed by atoms with Gasteiger partial charge in [-0.3, -0.25) is 14.5 Å². The van der Waals surface area contributed by atoms with Gasteiger partial charge in [0.1, 0.15) is 5.76 Å². The van der Waals surface area contributed by atoms with Crippen molar-refractivity contribution in [2.24, 2.45) is 0 Å². The molecular weight excluding hydrogens is 440 g/mol. The van der Waals surface area contributed by atoms with Gasteiger partial charge < -0.3 is 14.6 Å². The molecule has 1 fully saturated rings. The van der Waals surface area contributed by atoms with E-state index in [0.717, 1.165) is 10.2 Å². The predicted molar refractivity (Wildman–Crippen MR) is 123 cm³/mol. The second kappa shape index (κ2) is 7.46. The standard InChI is InChI=1S/C25H16N2O5S/c28-22(14-6-2-1-3-7-14)20-21(15-10-11-17-18(12-15)32-13-31-17)27(24(30)23(20)29)25-26-16-8-4-5-9-19(16)33-25/h1-12,21,28H,13H2. The van der Waals surface area contributed by atoms with Crippen LogP contribution in [-0.2, 0) is 9.59 Å². The van der Waals surface area contributed by atoms with Crippen LogP contribution in [0.15, 0.2) is 78.4 Å². The van der Waals surface area contributed by atoms with E-state index in [4.69, 9.17) is 9.47 Å². The van der Waals surface area contributed by atoms with Crippen molar-refractivity contribution in [3.63, 3.8) is 0 Å². The van der Waals surface area contributed by atoms with Crippen molar-refractivity contribution in [1.82, 2.24) is 4.98 Å². The van der Waals surface area contributed by atoms with Crippen molar-refractivity contribution in [3.8, 4) is 11.5 Å². The van der Waals surface area contributed by atoms with Gasteiger partial charge in [0.15, 0.2) is 16.6 Å². The number of thiazole rings is 1. The van der Waals surface area contributed by atoms with E-state index in [1.165, 1.54) is 16.2 Å². The number of anilines is 1. The monoisotopic (exact) mass is 456 g/mol. The van der Waals surface area contributed by atoms with Crippen LogP contribution in [0.2, 0.25) is 0 Å². The summed E-state index contributed by atoms with van der Waals surface area (Å²) in [6, 6.07) is 20.6. The fourth-order valence-corrected chi connectivity index (χ4v) is 5.14. The SMILES string of the molecule is O=C1C(=O)N(c2nc3ccccc3s2)C(c2ccc3c(c2)OCO3)C1=C(O)c1ccccc1. The molecule has 8 heteroatoms. The van der Waals surface area contributed by atoms with E-state index in [0.29, 0.717) is 27.8 Å². The highest BCUT2D eigenvalue weighted by Crippen LogP contribution is 2.46. The van der Waals surface area contributed by atoms with Crippen molar-refractivity contribution in [3.05, 3.63) is 89.5 Å². The van der Waals surface area contributed by atoms with Gasteiger partial charge in [-0.25, -0.2) is 4.98 Å². The molecule has 162 valence electrons. The summed E-state index contributed by atoms with van der Waals surface area (Å²) >= 11 is 1.32. The average molecular weight is 456 g/mol. The number of hydrogen-bond donors (Lipinski definition) is 1. The van der Waals surface area contributed by atoms with Gasteiger partial charge in [0.2, 0.25) is 6.79 Å². The van der Waals surface area contributed by atoms with Crippen LogP contribution in [0.1, 0.15) is 17.2 Å². The number of hydrogen-bond acceptors (Lipinski definition) is 7. The Morgan fingerprint density at radius 2 is 1.73 bits per heavy atom. The minimum absolute atomic E-state index is 0.00400. The zero-order chi connectivity index (χ0) is 22.5. The summed E-state index contributed by atoms with van der Waals surface area (Å²) in [5.41, 5.74) is 1.79. The van der Waals surface area contributed by atoms with Gasteiger partial charge in [-0.05, 0) is 29.8 Å². The lowest BCUT2D eigenvalue weighted by molar-refractivity contribution is -0.132. The summed E-state index contributed by atoms with van der Waals surface area (Å²) in [5, 5.41) is 11.5. The maximum absolute atomic E-state index is 13.3. The number of aliphatic hydroxyl groups is 1. The minimum atomic E-state index is -0.875. The van der Waals surface area contributed by atoms with Gasteiger partial charge in [0.25, 0.3) is 5.78 Å². The number of para-hydroxylation sites is 1. The largest absolute Gasteiger partial charge is 0.507 e. The molecule has 4 aromatic rings. The Morgan fingerprint density at radius 1 is 0.970 bits per heavy atom. The molecule has 2 aliphatic rings. The lowest BCUT2D eigenvalue weighted by Crippen LogP contribution is -2.29. The normalized spacial score (nSPS) is 18.9. The molecule has 1 saturated heterocycles. The first-order valence-electron chi connectivity index (χ1n) is 10.2. The minimum Gasteiger partial charge on any atom is -0.507 e. The third-order valence-corrected chi connectivity index (χ3v) is 6.73. The van der Waals surface area contributed by atoms with Gasteiger partial charge >= 0.3 is 5.91 Å². The first-order chi connectivity index (χ1) is 16.1. The molecule has 0 saturated carbocycles. The summed E-state index contributed by atoms with van der Waals surface area (Å²) in [4.78, 5) is 32.5. The number of rotatable bonds is 3. The van der Waals surface area contributed by atoms with E-state index in [9.17, 15) is 14.7 Å². The van der Waals surface area contributed by atoms with E-state index in [2.05, 4.69) is 4.98 Å². The topological polar surface area (TPSA) is 89.0 Å². The molecule has 1 unspecified atom stereocenters. The van der Waals surface area contributed by atoms with Crippen LogP contribution in [0, 0.1) is 0 Å². The summed E-state index contributed by atoms with van der Waals surface area (Å²) in [6.45, 7) is 0.0981. The van der Waals surface area contributed by atoms with E-state index in [-0.39, 0.29) is 18.1 Å². The number of carbonyl (C=O) groups excluding carboxylic acids is 2. The molecule has 33 heavy (non-hydrogen) atoms. The molecule has 0 aliphatic carbocycles. The van der Waals surface area contributed by atoms with Crippen molar-refractivity contribution < 1.29 is 24.2 Å². The molecule has 0 radical (unpaired) electrons. The Morgan fingerprint density at radius 3 is 2.55 bits per heavy atom. The van der Waals surface area contributed by atoms with Gasteiger partial charge in [0.05, 0.1) is 21.8 Å². The van der Waals surface area contributed by atoms with Gasteiger partial charge in [0, 0.05) is 5.56 Å². The molecule has 2 aliphatic heterocycles. The quantitative estimate of drug-likeness (QED) is 0.274. The van der Waals surface area contributed by atoms with Gasteiger partial charge in [-0.15, -0.1) is 0 Å². The lowest BCUT2D eigenvalue weighted by Gasteiger charge is -2.23. The number of benzene rings is 3. The van der Waals surface area contributed by atoms with Crippen LogP contribution in [0.5, 0.6) is 11.5 Å². The summed E-state index contributed by atoms with van der Waals surface area (Å²) < 4.78 is 11.8. The highest BCUT2D eigenvalue weighted by Gasteiger charge is 2.48. The fourth-order valence-electron chi connectivity index (χ4n) is 4.14. The van der Waals surface area contributed by atoms with E-state index in [1.54, 1.807) is 42.5 Å². The fraction of sp³-hybridized carbons (Fsp3) is 0.0800. The molecular formula is C25H16N2O5S. The van der Waals surface area contributed by atoms with E-state index < -0.39 is 17.7 Å². The molecule has 1 atom stereocenters. The third-order valence-electron chi connectivity index (χ3n) is 5.69. The Hall–Kier alpha value is -4.17. The van der Waals surface area contributed by atoms with E-state index in [1.807, 2.05) is 30.3 Å². The zero-order valence-corrected chi connectivity index (χ0v) is 17.9. The van der Waals surface area contributed by atoms with Crippen molar-refractivity contribution >= 4 is 44.1 Å². The summed E-state index contributed by atoms with van der Waals surface area (Å²) in [5.74, 6) is -0.645. The summed E-state index contributed by atoms with van der Waals surface area (Å²) in [7, 11) is 0. The molecule has 1 aromatic heterocycles. The number of fused-ring (bicyclic) bond motifs is 2. The Kier molecular flexibility index (Phi) is 4.41. The van der Waals surface area contributed by atoms with Gasteiger partial charge in [-0.2, -0.15) is 0 Å². The maximum atomic E-state index is 13.3. The van der Waals surface area contributed by atoms with Crippen LogP contribution in [-0.4, -0.2) is 28.6 Å². The average Bonchev–Trinajstić information content (AvgIpc) is 3.55. The van der Waals surface area contributed by atoms with Crippen LogP contribution in [0.4, 0.5) is 5.13 Å². The second-order valence-corrected chi connectivity index (χ2v) is 8.62. The third kappa shape index (κ3) is 3.07. The highest BCUT2D eigenvalue weighted by molar-refractivity contribution is 7.22. The Balaban J connectivity index is 1.58. The number of ether oxygens (including phenoxy) is 2. The molecule has 3 aromatic carbocycles. The van der Waals surface area contributed by atoms with Crippen molar-refractivity contribution in [2.75, 3.05) is 11.7 Å². The molecule has 0 bridgehead atoms. The molecule has 6 rings (SSSR count). The number of aromatic nitrogens is 1. The van der Waals surface area contributed by atoms with Crippen LogP contribution >= 0.6 is 11.3 Å². The van der Waals surface area contributed by atoms with Crippen LogP contribution in [0.25, 0.3) is 16.0 Å².